The Labute approximate surface area is 56.4 Å². The first-order chi connectivity index (χ1) is 4.18. The summed E-state index contributed by atoms with van der Waals surface area (Å²) in [7, 11) is 0. The minimum Gasteiger partial charge on any atom is -0.368 e. The third-order valence-electron chi connectivity index (χ3n) is 1.15. The summed E-state index contributed by atoms with van der Waals surface area (Å²) in [6.07, 6.45) is 3.46. The maximum absolute atomic E-state index is 5.53. The lowest BCUT2D eigenvalue weighted by molar-refractivity contribution is 0.848. The quantitative estimate of drug-likeness (QED) is 0.591. The van der Waals surface area contributed by atoms with Crippen molar-refractivity contribution in [3.8, 4) is 0 Å². The monoisotopic (exact) mass is 126 g/mol. The summed E-state index contributed by atoms with van der Waals surface area (Å²) < 4.78 is 0. The molecule has 0 amide bonds. The highest BCUT2D eigenvalue weighted by Gasteiger charge is 1.92. The maximum Gasteiger partial charge on any atom is 0.0239 e. The van der Waals surface area contributed by atoms with Gasteiger partial charge in [0.25, 0.3) is 0 Å². The van der Waals surface area contributed by atoms with Gasteiger partial charge in [0.15, 0.2) is 0 Å². The van der Waals surface area contributed by atoms with Gasteiger partial charge in [-0.25, -0.2) is 0 Å². The van der Waals surface area contributed by atoms with E-state index in [4.69, 9.17) is 5.73 Å². The molecule has 0 spiro atoms. The second-order valence-electron chi connectivity index (χ2n) is 2.05. The molecule has 9 heavy (non-hydrogen) atoms. The Kier molecular flexibility index (Phi) is 3.80. The molecule has 3 N–H and O–H groups in total. The summed E-state index contributed by atoms with van der Waals surface area (Å²) in [6.45, 7) is 7.41. The van der Waals surface area contributed by atoms with Crippen LogP contribution in [0.2, 0.25) is 0 Å². The van der Waals surface area contributed by atoms with Crippen molar-refractivity contribution in [1.29, 1.82) is 0 Å². The molecule has 0 aromatic rings. The molecule has 0 aromatic carbocycles. The lowest BCUT2D eigenvalue weighted by atomic mass is 10.2. The van der Waals surface area contributed by atoms with Crippen LogP contribution in [-0.2, 0) is 0 Å². The van der Waals surface area contributed by atoms with Crippen LogP contribution in [0.5, 0.6) is 0 Å². The minimum absolute atomic E-state index is 0.123. The SMILES string of the molecule is C=CN/C=C(\C)C(C)N. The highest BCUT2D eigenvalue weighted by atomic mass is 14.8. The molecular formula is C7H14N2. The smallest absolute Gasteiger partial charge is 0.0239 e. The molecule has 52 valence electrons. The molecule has 0 aliphatic rings. The van der Waals surface area contributed by atoms with Gasteiger partial charge in [-0.2, -0.15) is 0 Å². The van der Waals surface area contributed by atoms with E-state index in [1.54, 1.807) is 6.20 Å². The van der Waals surface area contributed by atoms with Crippen LogP contribution in [0.25, 0.3) is 0 Å². The Morgan fingerprint density at radius 2 is 2.33 bits per heavy atom. The highest BCUT2D eigenvalue weighted by Crippen LogP contribution is 1.93. The molecule has 0 aromatic heterocycles. The van der Waals surface area contributed by atoms with Gasteiger partial charge < -0.3 is 11.1 Å². The number of nitrogens with one attached hydrogen (secondary N) is 1. The minimum atomic E-state index is 0.123. The predicted molar refractivity (Wildman–Crippen MR) is 40.7 cm³/mol. The van der Waals surface area contributed by atoms with Crippen molar-refractivity contribution in [2.45, 2.75) is 19.9 Å². The molecule has 0 radical (unpaired) electrons. The van der Waals surface area contributed by atoms with E-state index in [0.717, 1.165) is 5.57 Å². The van der Waals surface area contributed by atoms with Gasteiger partial charge in [0, 0.05) is 12.2 Å². The van der Waals surface area contributed by atoms with Crippen LogP contribution in [0.4, 0.5) is 0 Å². The molecular weight excluding hydrogens is 112 g/mol. The summed E-state index contributed by atoms with van der Waals surface area (Å²) in [5.41, 5.74) is 6.65. The number of hydrogen-bond donors (Lipinski definition) is 2. The molecule has 0 saturated carbocycles. The first-order valence-electron chi connectivity index (χ1n) is 2.97. The topological polar surface area (TPSA) is 38.0 Å². The Bertz CT molecular complexity index is 114. The largest absolute Gasteiger partial charge is 0.368 e. The molecule has 2 heteroatoms. The van der Waals surface area contributed by atoms with Gasteiger partial charge in [0.2, 0.25) is 0 Å². The molecule has 1 atom stereocenters. The van der Waals surface area contributed by atoms with Gasteiger partial charge in [-0.1, -0.05) is 6.58 Å². The Hall–Kier alpha value is -0.760. The van der Waals surface area contributed by atoms with Crippen molar-refractivity contribution in [1.82, 2.24) is 5.32 Å². The molecule has 0 aliphatic carbocycles. The van der Waals surface area contributed by atoms with Gasteiger partial charge in [-0.15, -0.1) is 0 Å². The maximum atomic E-state index is 5.53. The zero-order valence-electron chi connectivity index (χ0n) is 6.02. The van der Waals surface area contributed by atoms with Crippen LogP contribution in [0.3, 0.4) is 0 Å². The van der Waals surface area contributed by atoms with E-state index in [1.165, 1.54) is 0 Å². The van der Waals surface area contributed by atoms with Gasteiger partial charge >= 0.3 is 0 Å². The predicted octanol–water partition coefficient (Wildman–Crippen LogP) is 0.970. The number of hydrogen-bond acceptors (Lipinski definition) is 2. The van der Waals surface area contributed by atoms with Crippen LogP contribution in [0.1, 0.15) is 13.8 Å². The van der Waals surface area contributed by atoms with Gasteiger partial charge in [0.05, 0.1) is 0 Å². The molecule has 0 rings (SSSR count). The Morgan fingerprint density at radius 1 is 1.78 bits per heavy atom. The van der Waals surface area contributed by atoms with E-state index in [-0.39, 0.29) is 6.04 Å². The lowest BCUT2D eigenvalue weighted by Gasteiger charge is -2.03. The molecule has 0 saturated heterocycles. The molecule has 0 bridgehead atoms. The van der Waals surface area contributed by atoms with Crippen LogP contribution >= 0.6 is 0 Å². The average molecular weight is 126 g/mol. The van der Waals surface area contributed by atoms with Crippen LogP contribution in [-0.4, -0.2) is 6.04 Å². The van der Waals surface area contributed by atoms with Crippen molar-refractivity contribution >= 4 is 0 Å². The second kappa shape index (κ2) is 4.15. The zero-order valence-corrected chi connectivity index (χ0v) is 6.02. The highest BCUT2D eigenvalue weighted by molar-refractivity contribution is 5.04. The second-order valence-corrected chi connectivity index (χ2v) is 2.05. The summed E-state index contributed by atoms with van der Waals surface area (Å²) in [5, 5.41) is 2.85. The van der Waals surface area contributed by atoms with E-state index in [9.17, 15) is 0 Å². The fourth-order valence-electron chi connectivity index (χ4n) is 0.322. The summed E-state index contributed by atoms with van der Waals surface area (Å²) in [4.78, 5) is 0. The standard InChI is InChI=1S/C7H14N2/c1-4-9-5-6(2)7(3)8/h4-5,7,9H,1,8H2,2-3H3/b6-5+. The van der Waals surface area contributed by atoms with Gasteiger partial charge in [0.1, 0.15) is 0 Å². The Morgan fingerprint density at radius 3 is 2.67 bits per heavy atom. The van der Waals surface area contributed by atoms with Crippen molar-refractivity contribution in [3.63, 3.8) is 0 Å². The average Bonchev–Trinajstić information content (AvgIpc) is 1.82. The van der Waals surface area contributed by atoms with Crippen molar-refractivity contribution in [3.05, 3.63) is 24.6 Å². The zero-order chi connectivity index (χ0) is 7.28. The van der Waals surface area contributed by atoms with Crippen molar-refractivity contribution in [2.24, 2.45) is 5.73 Å². The van der Waals surface area contributed by atoms with E-state index in [2.05, 4.69) is 11.9 Å². The molecule has 0 aliphatic heterocycles. The van der Waals surface area contributed by atoms with Gasteiger partial charge in [-0.3, -0.25) is 0 Å². The lowest BCUT2D eigenvalue weighted by Crippen LogP contribution is -2.17. The molecule has 0 fully saturated rings. The number of nitrogens with two attached hydrogens (primary N) is 1. The van der Waals surface area contributed by atoms with Crippen molar-refractivity contribution < 1.29 is 0 Å². The third-order valence-corrected chi connectivity index (χ3v) is 1.15. The fraction of sp³-hybridized carbons (Fsp3) is 0.429. The van der Waals surface area contributed by atoms with E-state index in [0.29, 0.717) is 0 Å². The van der Waals surface area contributed by atoms with Crippen LogP contribution in [0, 0.1) is 0 Å². The molecule has 1 unspecified atom stereocenters. The Balaban J connectivity index is 3.68. The summed E-state index contributed by atoms with van der Waals surface area (Å²) in [6, 6.07) is 0.123. The third kappa shape index (κ3) is 3.79. The normalized spacial score (nSPS) is 14.8. The van der Waals surface area contributed by atoms with Crippen LogP contribution < -0.4 is 11.1 Å². The molecule has 2 nitrogen and oxygen atoms in total. The molecule has 0 heterocycles. The van der Waals surface area contributed by atoms with E-state index in [1.807, 2.05) is 20.0 Å². The van der Waals surface area contributed by atoms with E-state index >= 15 is 0 Å². The summed E-state index contributed by atoms with van der Waals surface area (Å²) in [5.74, 6) is 0. The first-order valence-corrected chi connectivity index (χ1v) is 2.97. The van der Waals surface area contributed by atoms with Crippen molar-refractivity contribution in [2.75, 3.05) is 0 Å². The van der Waals surface area contributed by atoms with Gasteiger partial charge in [-0.05, 0) is 25.6 Å². The van der Waals surface area contributed by atoms with Crippen LogP contribution in [0.15, 0.2) is 24.6 Å². The first kappa shape index (κ1) is 8.24. The van der Waals surface area contributed by atoms with E-state index < -0.39 is 0 Å². The number of rotatable bonds is 3. The summed E-state index contributed by atoms with van der Waals surface area (Å²) >= 11 is 0. The fourth-order valence-corrected chi connectivity index (χ4v) is 0.322.